The van der Waals surface area contributed by atoms with Crippen LogP contribution in [0, 0.1) is 28.6 Å². The van der Waals surface area contributed by atoms with Crippen molar-refractivity contribution in [2.45, 2.75) is 119 Å². The normalized spacial score (nSPS) is 56.9. The lowest BCUT2D eigenvalue weighted by Crippen LogP contribution is -2.76. The molecule has 4 aliphatic carbocycles. The highest BCUT2D eigenvalue weighted by atomic mass is 16.7. The molecule has 0 aromatic heterocycles. The van der Waals surface area contributed by atoms with Crippen LogP contribution < -0.4 is 0 Å². The third-order valence-corrected chi connectivity index (χ3v) is 12.2. The zero-order chi connectivity index (χ0) is 29.7. The van der Waals surface area contributed by atoms with Gasteiger partial charge in [0.2, 0.25) is 0 Å². The Balaban J connectivity index is 1.28. The fraction of sp³-hybridized carbons (Fsp3) is 0.897. The van der Waals surface area contributed by atoms with Crippen LogP contribution in [0.5, 0.6) is 0 Å². The van der Waals surface area contributed by atoms with Crippen molar-refractivity contribution in [1.29, 1.82) is 0 Å². The Kier molecular flexibility index (Phi) is 7.22. The summed E-state index contributed by atoms with van der Waals surface area (Å²) in [6.07, 6.45) is -6.68. The van der Waals surface area contributed by atoms with Crippen LogP contribution in [0.4, 0.5) is 0 Å². The highest BCUT2D eigenvalue weighted by Crippen LogP contribution is 2.70. The van der Waals surface area contributed by atoms with Crippen molar-refractivity contribution >= 4 is 5.97 Å². The summed E-state index contributed by atoms with van der Waals surface area (Å²) in [5, 5.41) is 89.6. The second-order valence-corrected chi connectivity index (χ2v) is 13.8. The Bertz CT molecular complexity index is 1080. The van der Waals surface area contributed by atoms with E-state index < -0.39 is 95.5 Å². The molecule has 9 unspecified atom stereocenters. The zero-order valence-electron chi connectivity index (χ0n) is 23.5. The zero-order valence-corrected chi connectivity index (χ0v) is 23.5. The molecule has 0 spiro atoms. The molecule has 0 radical (unpaired) electrons. The standard InChI is InChI=1S/C29H44O12/c1-13-22(34)23(35)24(36)25(40-13)41-15-8-19(32)28(12-30)21-17(3-5-27(28,37)9-15)29(38)6-4-16(14-7-20(33)39-11-14)26(29,2)10-18(21)31/h7,13,15-19,21-25,30-32,34-38H,3-6,8-12H2,1-2H3/t13?,15?,16-,17-,18?,19?,21-,22?,23?,24?,25?,26-,27?,28-,29+/m1/s1. The lowest BCUT2D eigenvalue weighted by molar-refractivity contribution is -0.342. The second kappa shape index (κ2) is 9.91. The predicted molar refractivity (Wildman–Crippen MR) is 139 cm³/mol. The average molecular weight is 585 g/mol. The summed E-state index contributed by atoms with van der Waals surface area (Å²) in [5.41, 5.74) is -4.46. The van der Waals surface area contributed by atoms with Gasteiger partial charge in [0.05, 0.1) is 47.6 Å². The van der Waals surface area contributed by atoms with Crippen molar-refractivity contribution in [3.8, 4) is 0 Å². The van der Waals surface area contributed by atoms with Crippen LogP contribution in [0.25, 0.3) is 0 Å². The maximum Gasteiger partial charge on any atom is 0.331 e. The molecule has 2 aliphatic heterocycles. The maximum absolute atomic E-state index is 12.4. The minimum absolute atomic E-state index is 0.0369. The first-order chi connectivity index (χ1) is 19.2. The lowest BCUT2D eigenvalue weighted by atomic mass is 9.40. The van der Waals surface area contributed by atoms with E-state index in [1.807, 2.05) is 6.92 Å². The molecule has 4 saturated carbocycles. The molecule has 6 aliphatic rings. The number of cyclic esters (lactones) is 1. The van der Waals surface area contributed by atoms with Gasteiger partial charge in [0.1, 0.15) is 24.9 Å². The van der Waals surface area contributed by atoms with Gasteiger partial charge in [-0.3, -0.25) is 0 Å². The second-order valence-electron chi connectivity index (χ2n) is 13.8. The quantitative estimate of drug-likeness (QED) is 0.140. The molecule has 1 saturated heterocycles. The van der Waals surface area contributed by atoms with E-state index in [2.05, 4.69) is 0 Å². The molecule has 12 nitrogen and oxygen atoms in total. The molecule has 8 N–H and O–H groups in total. The number of ether oxygens (including phenoxy) is 3. The Morgan fingerprint density at radius 3 is 2.41 bits per heavy atom. The Labute approximate surface area is 238 Å². The van der Waals surface area contributed by atoms with Crippen LogP contribution in [-0.4, -0.2) is 120 Å². The summed E-state index contributed by atoms with van der Waals surface area (Å²) in [4.78, 5) is 11.8. The van der Waals surface area contributed by atoms with E-state index in [0.717, 1.165) is 5.57 Å². The molecule has 0 aromatic rings. The van der Waals surface area contributed by atoms with Crippen molar-refractivity contribution in [1.82, 2.24) is 0 Å². The first-order valence-electron chi connectivity index (χ1n) is 14.9. The SMILES string of the molecule is CC1OC(OC2CC(O)[C@]3(CO)[C@H]4C(O)C[C@]5(C)[C@@H](C6=CC(=O)OC6)CC[C@]5(O)[C@@H]4CCC3(O)C2)C(O)C(O)C1O. The predicted octanol–water partition coefficient (Wildman–Crippen LogP) is -1.51. The number of hydrogen-bond acceptors (Lipinski definition) is 12. The molecule has 232 valence electrons. The minimum atomic E-state index is -1.67. The van der Waals surface area contributed by atoms with E-state index in [-0.39, 0.29) is 38.2 Å². The number of carbonyl (C=O) groups is 1. The van der Waals surface area contributed by atoms with Gasteiger partial charge in [0.25, 0.3) is 0 Å². The van der Waals surface area contributed by atoms with Crippen LogP contribution >= 0.6 is 0 Å². The largest absolute Gasteiger partial charge is 0.458 e. The number of carbonyl (C=O) groups excluding carboxylic acids is 1. The van der Waals surface area contributed by atoms with Gasteiger partial charge >= 0.3 is 5.97 Å². The summed E-state index contributed by atoms with van der Waals surface area (Å²) in [6.45, 7) is 3.00. The molecular weight excluding hydrogens is 540 g/mol. The molecule has 41 heavy (non-hydrogen) atoms. The van der Waals surface area contributed by atoms with Gasteiger partial charge in [0.15, 0.2) is 6.29 Å². The Morgan fingerprint density at radius 1 is 1.02 bits per heavy atom. The van der Waals surface area contributed by atoms with Crippen molar-refractivity contribution in [2.75, 3.05) is 13.2 Å². The molecule has 0 bridgehead atoms. The first kappa shape index (κ1) is 29.9. The molecule has 5 fully saturated rings. The summed E-state index contributed by atoms with van der Waals surface area (Å²) in [6, 6.07) is 0. The Morgan fingerprint density at radius 2 is 1.76 bits per heavy atom. The topological polar surface area (TPSA) is 207 Å². The van der Waals surface area contributed by atoms with Crippen LogP contribution in [0.15, 0.2) is 11.6 Å². The third-order valence-electron chi connectivity index (χ3n) is 12.2. The molecule has 0 amide bonds. The number of fused-ring (bicyclic) bond motifs is 5. The fourth-order valence-electron chi connectivity index (χ4n) is 10.1. The summed E-state index contributed by atoms with van der Waals surface area (Å²) in [7, 11) is 0. The monoisotopic (exact) mass is 584 g/mol. The van der Waals surface area contributed by atoms with Crippen LogP contribution in [0.3, 0.4) is 0 Å². The number of rotatable bonds is 4. The average Bonchev–Trinajstić information content (AvgIpc) is 3.45. The van der Waals surface area contributed by atoms with Crippen LogP contribution in [-0.2, 0) is 19.0 Å². The van der Waals surface area contributed by atoms with E-state index in [1.165, 1.54) is 13.0 Å². The van der Waals surface area contributed by atoms with Gasteiger partial charge in [-0.25, -0.2) is 4.79 Å². The van der Waals surface area contributed by atoms with Crippen molar-refractivity contribution < 1.29 is 59.9 Å². The number of aliphatic hydroxyl groups excluding tert-OH is 6. The minimum Gasteiger partial charge on any atom is -0.458 e. The van der Waals surface area contributed by atoms with Gasteiger partial charge < -0.3 is 55.1 Å². The highest BCUT2D eigenvalue weighted by Gasteiger charge is 2.75. The fourth-order valence-corrected chi connectivity index (χ4v) is 10.1. The molecule has 12 heteroatoms. The van der Waals surface area contributed by atoms with Crippen LogP contribution in [0.1, 0.15) is 58.8 Å². The number of aliphatic hydroxyl groups is 8. The van der Waals surface area contributed by atoms with Gasteiger partial charge in [-0.15, -0.1) is 0 Å². The molecule has 0 aromatic carbocycles. The first-order valence-corrected chi connectivity index (χ1v) is 14.9. The van der Waals surface area contributed by atoms with Gasteiger partial charge in [-0.05, 0) is 56.4 Å². The molecule has 6 rings (SSSR count). The van der Waals surface area contributed by atoms with Gasteiger partial charge in [0, 0.05) is 30.3 Å². The lowest BCUT2D eigenvalue weighted by Gasteiger charge is -2.68. The summed E-state index contributed by atoms with van der Waals surface area (Å²) in [5.74, 6) is -1.93. The van der Waals surface area contributed by atoms with E-state index in [1.54, 1.807) is 0 Å². The summed E-state index contributed by atoms with van der Waals surface area (Å²) >= 11 is 0. The molecular formula is C29H44O12. The highest BCUT2D eigenvalue weighted by molar-refractivity contribution is 5.85. The smallest absolute Gasteiger partial charge is 0.331 e. The summed E-state index contributed by atoms with van der Waals surface area (Å²) < 4.78 is 16.7. The molecule has 2 heterocycles. The maximum atomic E-state index is 12.4. The van der Waals surface area contributed by atoms with E-state index >= 15 is 0 Å². The van der Waals surface area contributed by atoms with E-state index in [0.29, 0.717) is 19.3 Å². The third kappa shape index (κ3) is 3.99. The van der Waals surface area contributed by atoms with E-state index in [4.69, 9.17) is 14.2 Å². The number of esters is 1. The van der Waals surface area contributed by atoms with Crippen molar-refractivity contribution in [3.05, 3.63) is 11.6 Å². The van der Waals surface area contributed by atoms with Crippen LogP contribution in [0.2, 0.25) is 0 Å². The van der Waals surface area contributed by atoms with Crippen molar-refractivity contribution in [2.24, 2.45) is 28.6 Å². The Hall–Kier alpha value is -1.19. The van der Waals surface area contributed by atoms with Crippen molar-refractivity contribution in [3.63, 3.8) is 0 Å². The van der Waals surface area contributed by atoms with Gasteiger partial charge in [-0.1, -0.05) is 6.92 Å². The van der Waals surface area contributed by atoms with Gasteiger partial charge in [-0.2, -0.15) is 0 Å². The van der Waals surface area contributed by atoms with E-state index in [9.17, 15) is 45.6 Å². The number of hydrogen-bond donors (Lipinski definition) is 8. The molecule has 15 atom stereocenters.